The summed E-state index contributed by atoms with van der Waals surface area (Å²) < 4.78 is 6.15. The Labute approximate surface area is 96.4 Å². The number of nitrogens with zero attached hydrogens (tertiary/aromatic N) is 1. The molecule has 0 bridgehead atoms. The van der Waals surface area contributed by atoms with E-state index in [9.17, 15) is 0 Å². The smallest absolute Gasteiger partial charge is 0.138 e. The second-order valence-corrected chi connectivity index (χ2v) is 4.20. The highest BCUT2D eigenvalue weighted by atomic mass is 79.9. The van der Waals surface area contributed by atoms with Gasteiger partial charge in [0.25, 0.3) is 0 Å². The summed E-state index contributed by atoms with van der Waals surface area (Å²) >= 11 is 3.42. The van der Waals surface area contributed by atoms with Crippen molar-refractivity contribution in [2.75, 3.05) is 0 Å². The lowest BCUT2D eigenvalue weighted by molar-refractivity contribution is 0.398. The summed E-state index contributed by atoms with van der Waals surface area (Å²) in [6.07, 6.45) is 0. The lowest BCUT2D eigenvalue weighted by Gasteiger charge is -1.99. The maximum atomic E-state index is 5.66. The molecule has 0 aliphatic heterocycles. The van der Waals surface area contributed by atoms with E-state index in [0.717, 1.165) is 27.1 Å². The summed E-state index contributed by atoms with van der Waals surface area (Å²) in [5.74, 6) is 0.785. The summed E-state index contributed by atoms with van der Waals surface area (Å²) in [6, 6.07) is 7.92. The van der Waals surface area contributed by atoms with Crippen molar-refractivity contribution in [3.8, 4) is 11.3 Å². The number of halogens is 1. The van der Waals surface area contributed by atoms with Crippen LogP contribution in [0.3, 0.4) is 0 Å². The molecule has 0 radical (unpaired) electrons. The van der Waals surface area contributed by atoms with E-state index in [1.165, 1.54) is 0 Å². The number of hydrogen-bond acceptors (Lipinski definition) is 3. The van der Waals surface area contributed by atoms with Gasteiger partial charge in [0.2, 0.25) is 0 Å². The number of aromatic nitrogens is 1. The van der Waals surface area contributed by atoms with Crippen LogP contribution in [0.2, 0.25) is 0 Å². The molecule has 0 atom stereocenters. The summed E-state index contributed by atoms with van der Waals surface area (Å²) in [6.45, 7) is 2.31. The van der Waals surface area contributed by atoms with E-state index in [-0.39, 0.29) is 0 Å². The summed E-state index contributed by atoms with van der Waals surface area (Å²) in [7, 11) is 0. The zero-order valence-corrected chi connectivity index (χ0v) is 9.91. The summed E-state index contributed by atoms with van der Waals surface area (Å²) in [5.41, 5.74) is 8.47. The van der Waals surface area contributed by atoms with E-state index in [4.69, 9.17) is 10.3 Å². The molecular formula is C11H11BrN2O. The molecule has 0 aliphatic carbocycles. The predicted molar refractivity (Wildman–Crippen MR) is 62.3 cm³/mol. The van der Waals surface area contributed by atoms with Crippen LogP contribution >= 0.6 is 15.9 Å². The van der Waals surface area contributed by atoms with Gasteiger partial charge in [-0.2, -0.15) is 0 Å². The molecule has 78 valence electrons. The Morgan fingerprint density at radius 3 is 2.93 bits per heavy atom. The zero-order chi connectivity index (χ0) is 10.8. The van der Waals surface area contributed by atoms with Crippen molar-refractivity contribution in [1.29, 1.82) is 0 Å². The highest BCUT2D eigenvalue weighted by molar-refractivity contribution is 9.10. The molecule has 0 unspecified atom stereocenters. The van der Waals surface area contributed by atoms with E-state index < -0.39 is 0 Å². The maximum Gasteiger partial charge on any atom is 0.138 e. The average Bonchev–Trinajstić information content (AvgIpc) is 2.59. The van der Waals surface area contributed by atoms with Crippen molar-refractivity contribution < 1.29 is 4.52 Å². The Morgan fingerprint density at radius 1 is 1.47 bits per heavy atom. The van der Waals surface area contributed by atoms with Crippen molar-refractivity contribution in [1.82, 2.24) is 5.16 Å². The van der Waals surface area contributed by atoms with Crippen LogP contribution in [-0.2, 0) is 6.54 Å². The van der Waals surface area contributed by atoms with Gasteiger partial charge in [0.15, 0.2) is 0 Å². The molecule has 4 heteroatoms. The molecule has 0 spiro atoms. The quantitative estimate of drug-likeness (QED) is 0.910. The lowest BCUT2D eigenvalue weighted by Crippen LogP contribution is -1.98. The van der Waals surface area contributed by atoms with Crippen molar-refractivity contribution in [2.45, 2.75) is 13.5 Å². The first-order valence-corrected chi connectivity index (χ1v) is 5.43. The van der Waals surface area contributed by atoms with Crippen LogP contribution in [0.4, 0.5) is 0 Å². The van der Waals surface area contributed by atoms with Crippen molar-refractivity contribution in [2.24, 2.45) is 5.73 Å². The fourth-order valence-corrected chi connectivity index (χ4v) is 1.89. The van der Waals surface area contributed by atoms with E-state index >= 15 is 0 Å². The minimum absolute atomic E-state index is 0.442. The van der Waals surface area contributed by atoms with Gasteiger partial charge in [0.1, 0.15) is 11.5 Å². The van der Waals surface area contributed by atoms with Crippen LogP contribution in [0.5, 0.6) is 0 Å². The molecule has 1 aromatic carbocycles. The maximum absolute atomic E-state index is 5.66. The Bertz CT molecular complexity index is 479. The molecule has 2 aromatic rings. The Kier molecular flexibility index (Phi) is 2.88. The summed E-state index contributed by atoms with van der Waals surface area (Å²) in [4.78, 5) is 0. The van der Waals surface area contributed by atoms with Crippen molar-refractivity contribution in [3.05, 3.63) is 40.1 Å². The minimum atomic E-state index is 0.442. The molecule has 15 heavy (non-hydrogen) atoms. The molecule has 0 aliphatic rings. The Hall–Kier alpha value is -1.13. The van der Waals surface area contributed by atoms with Crippen LogP contribution in [0.25, 0.3) is 11.3 Å². The van der Waals surface area contributed by atoms with Gasteiger partial charge < -0.3 is 10.3 Å². The topological polar surface area (TPSA) is 52.0 Å². The third-order valence-corrected chi connectivity index (χ3v) is 2.78. The van der Waals surface area contributed by atoms with E-state index in [1.54, 1.807) is 0 Å². The Balaban J connectivity index is 2.54. The average molecular weight is 267 g/mol. The molecule has 0 saturated carbocycles. The van der Waals surface area contributed by atoms with Gasteiger partial charge >= 0.3 is 0 Å². The molecule has 2 N–H and O–H groups in total. The van der Waals surface area contributed by atoms with Crippen LogP contribution in [0.1, 0.15) is 11.3 Å². The van der Waals surface area contributed by atoms with Crippen LogP contribution in [0.15, 0.2) is 33.3 Å². The number of aryl methyl sites for hydroxylation is 1. The SMILES string of the molecule is Cc1onc(-c2cccc(Br)c2)c1CN. The van der Waals surface area contributed by atoms with Gasteiger partial charge in [-0.15, -0.1) is 0 Å². The first-order chi connectivity index (χ1) is 7.22. The van der Waals surface area contributed by atoms with E-state index in [0.29, 0.717) is 6.54 Å². The van der Waals surface area contributed by atoms with Gasteiger partial charge in [-0.3, -0.25) is 0 Å². The number of rotatable bonds is 2. The van der Waals surface area contributed by atoms with Crippen LogP contribution in [-0.4, -0.2) is 5.16 Å². The van der Waals surface area contributed by atoms with Crippen molar-refractivity contribution in [3.63, 3.8) is 0 Å². The number of hydrogen-bond donors (Lipinski definition) is 1. The molecule has 3 nitrogen and oxygen atoms in total. The first-order valence-electron chi connectivity index (χ1n) is 4.63. The molecular weight excluding hydrogens is 256 g/mol. The third kappa shape index (κ3) is 1.96. The lowest BCUT2D eigenvalue weighted by atomic mass is 10.1. The molecule has 0 saturated heterocycles. The molecule has 2 rings (SSSR count). The summed E-state index contributed by atoms with van der Waals surface area (Å²) in [5, 5.41) is 4.02. The van der Waals surface area contributed by atoms with Gasteiger partial charge in [-0.25, -0.2) is 0 Å². The molecule has 0 fully saturated rings. The minimum Gasteiger partial charge on any atom is -0.361 e. The monoisotopic (exact) mass is 266 g/mol. The normalized spacial score (nSPS) is 10.6. The van der Waals surface area contributed by atoms with Gasteiger partial charge in [-0.05, 0) is 19.1 Å². The van der Waals surface area contributed by atoms with Crippen molar-refractivity contribution >= 4 is 15.9 Å². The second-order valence-electron chi connectivity index (χ2n) is 3.28. The zero-order valence-electron chi connectivity index (χ0n) is 8.33. The van der Waals surface area contributed by atoms with E-state index in [2.05, 4.69) is 21.1 Å². The highest BCUT2D eigenvalue weighted by Crippen LogP contribution is 2.26. The fraction of sp³-hybridized carbons (Fsp3) is 0.182. The fourth-order valence-electron chi connectivity index (χ4n) is 1.49. The number of nitrogens with two attached hydrogens (primary N) is 1. The number of benzene rings is 1. The van der Waals surface area contributed by atoms with Crippen LogP contribution in [0, 0.1) is 6.92 Å². The van der Waals surface area contributed by atoms with Crippen LogP contribution < -0.4 is 5.73 Å². The predicted octanol–water partition coefficient (Wildman–Crippen LogP) is 2.87. The third-order valence-electron chi connectivity index (χ3n) is 2.29. The Morgan fingerprint density at radius 2 is 2.27 bits per heavy atom. The largest absolute Gasteiger partial charge is 0.361 e. The first kappa shape index (κ1) is 10.4. The molecule has 0 amide bonds. The standard InChI is InChI=1S/C11H11BrN2O/c1-7-10(6-13)11(14-15-7)8-3-2-4-9(12)5-8/h2-5H,6,13H2,1H3. The van der Waals surface area contributed by atoms with Gasteiger partial charge in [0.05, 0.1) is 0 Å². The van der Waals surface area contributed by atoms with E-state index in [1.807, 2.05) is 31.2 Å². The molecule has 1 heterocycles. The second kappa shape index (κ2) is 4.16. The molecule has 1 aromatic heterocycles. The van der Waals surface area contributed by atoms with Gasteiger partial charge in [0, 0.05) is 22.1 Å². The highest BCUT2D eigenvalue weighted by Gasteiger charge is 2.12. The van der Waals surface area contributed by atoms with Gasteiger partial charge in [-0.1, -0.05) is 33.2 Å².